The van der Waals surface area contributed by atoms with Gasteiger partial charge in [-0.25, -0.2) is 9.97 Å². The number of hydrogen-bond acceptors (Lipinski definition) is 6. The molecule has 0 saturated carbocycles. The molecule has 2 heterocycles. The molecule has 0 unspecified atom stereocenters. The van der Waals surface area contributed by atoms with Gasteiger partial charge in [0.05, 0.1) is 23.8 Å². The lowest BCUT2D eigenvalue weighted by Gasteiger charge is -2.19. The summed E-state index contributed by atoms with van der Waals surface area (Å²) in [6, 6.07) is 6.35. The average Bonchev–Trinajstić information content (AvgIpc) is 2.53. The first-order valence-electron chi connectivity index (χ1n) is 6.59. The normalized spacial score (nSPS) is 13.6. The standard InChI is InChI=1S/C14H14N4O3/c1-15-14-11-8-21-6-5-12(11)16-13(17-14)9-3-2-4-10(7-9)18(19)20/h2-4,7H,5-6,8H2,1H3,(H,15,16,17). The van der Waals surface area contributed by atoms with E-state index in [0.717, 1.165) is 11.3 Å². The van der Waals surface area contributed by atoms with Crippen molar-refractivity contribution in [3.8, 4) is 11.4 Å². The number of nitrogens with one attached hydrogen (secondary N) is 1. The van der Waals surface area contributed by atoms with Gasteiger partial charge in [0, 0.05) is 36.7 Å². The van der Waals surface area contributed by atoms with E-state index in [0.29, 0.717) is 36.8 Å². The van der Waals surface area contributed by atoms with E-state index in [-0.39, 0.29) is 5.69 Å². The molecule has 0 bridgehead atoms. The van der Waals surface area contributed by atoms with Gasteiger partial charge in [0.1, 0.15) is 5.82 Å². The van der Waals surface area contributed by atoms with E-state index >= 15 is 0 Å². The molecule has 1 N–H and O–H groups in total. The first-order valence-corrected chi connectivity index (χ1v) is 6.59. The lowest BCUT2D eigenvalue weighted by atomic mass is 10.1. The lowest BCUT2D eigenvalue weighted by Crippen LogP contribution is -2.16. The summed E-state index contributed by atoms with van der Waals surface area (Å²) in [4.78, 5) is 19.4. The zero-order chi connectivity index (χ0) is 14.8. The number of nitro groups is 1. The van der Waals surface area contributed by atoms with Crippen LogP contribution in [0.3, 0.4) is 0 Å². The maximum Gasteiger partial charge on any atom is 0.270 e. The molecule has 0 spiro atoms. The smallest absolute Gasteiger partial charge is 0.270 e. The second-order valence-corrected chi connectivity index (χ2v) is 4.68. The Bertz CT molecular complexity index is 685. The third-order valence-corrected chi connectivity index (χ3v) is 3.37. The van der Waals surface area contributed by atoms with Crippen LogP contribution >= 0.6 is 0 Å². The number of ether oxygens (including phenoxy) is 1. The Morgan fingerprint density at radius 2 is 2.24 bits per heavy atom. The average molecular weight is 286 g/mol. The molecule has 1 aliphatic heterocycles. The molecule has 108 valence electrons. The van der Waals surface area contributed by atoms with E-state index in [2.05, 4.69) is 15.3 Å². The molecule has 0 atom stereocenters. The van der Waals surface area contributed by atoms with Crippen molar-refractivity contribution in [2.24, 2.45) is 0 Å². The van der Waals surface area contributed by atoms with Crippen LogP contribution in [0, 0.1) is 10.1 Å². The number of benzene rings is 1. The zero-order valence-electron chi connectivity index (χ0n) is 11.5. The number of hydrogen-bond donors (Lipinski definition) is 1. The topological polar surface area (TPSA) is 90.2 Å². The van der Waals surface area contributed by atoms with E-state index in [4.69, 9.17) is 4.74 Å². The summed E-state index contributed by atoms with van der Waals surface area (Å²) >= 11 is 0. The van der Waals surface area contributed by atoms with Gasteiger partial charge in [-0.3, -0.25) is 10.1 Å². The summed E-state index contributed by atoms with van der Waals surface area (Å²) in [6.07, 6.45) is 0.717. The molecular formula is C14H14N4O3. The second-order valence-electron chi connectivity index (χ2n) is 4.68. The Hall–Kier alpha value is -2.54. The summed E-state index contributed by atoms with van der Waals surface area (Å²) in [5, 5.41) is 13.9. The van der Waals surface area contributed by atoms with Crippen LogP contribution in [0.25, 0.3) is 11.4 Å². The van der Waals surface area contributed by atoms with Crippen molar-refractivity contribution >= 4 is 11.5 Å². The first-order chi connectivity index (χ1) is 10.2. The molecule has 7 heteroatoms. The highest BCUT2D eigenvalue weighted by molar-refractivity contribution is 5.62. The van der Waals surface area contributed by atoms with Crippen molar-refractivity contribution in [1.82, 2.24) is 9.97 Å². The molecule has 2 aromatic rings. The Balaban J connectivity index is 2.10. The highest BCUT2D eigenvalue weighted by Crippen LogP contribution is 2.27. The van der Waals surface area contributed by atoms with Gasteiger partial charge in [-0.05, 0) is 0 Å². The van der Waals surface area contributed by atoms with Crippen LogP contribution in [0.1, 0.15) is 11.3 Å². The minimum Gasteiger partial charge on any atom is -0.376 e. The van der Waals surface area contributed by atoms with Gasteiger partial charge in [-0.2, -0.15) is 0 Å². The van der Waals surface area contributed by atoms with Crippen molar-refractivity contribution in [3.05, 3.63) is 45.6 Å². The zero-order valence-corrected chi connectivity index (χ0v) is 11.5. The number of rotatable bonds is 3. The summed E-state index contributed by atoms with van der Waals surface area (Å²) in [5.41, 5.74) is 2.55. The number of nitrogens with zero attached hydrogens (tertiary/aromatic N) is 3. The fourth-order valence-corrected chi connectivity index (χ4v) is 2.33. The lowest BCUT2D eigenvalue weighted by molar-refractivity contribution is -0.384. The fourth-order valence-electron chi connectivity index (χ4n) is 2.33. The molecule has 1 aromatic carbocycles. The van der Waals surface area contributed by atoms with Crippen molar-refractivity contribution in [2.75, 3.05) is 19.0 Å². The van der Waals surface area contributed by atoms with Crippen LogP contribution in [0.5, 0.6) is 0 Å². The van der Waals surface area contributed by atoms with Crippen LogP contribution in [-0.4, -0.2) is 28.5 Å². The maximum atomic E-state index is 10.9. The highest BCUT2D eigenvalue weighted by atomic mass is 16.6. The fraction of sp³-hybridized carbons (Fsp3) is 0.286. The molecule has 1 aliphatic rings. The molecule has 0 aliphatic carbocycles. The van der Waals surface area contributed by atoms with Crippen molar-refractivity contribution < 1.29 is 9.66 Å². The second kappa shape index (κ2) is 5.45. The number of non-ortho nitro benzene ring substituents is 1. The first kappa shape index (κ1) is 13.4. The van der Waals surface area contributed by atoms with E-state index in [9.17, 15) is 10.1 Å². The van der Waals surface area contributed by atoms with Crippen LogP contribution in [0.15, 0.2) is 24.3 Å². The molecule has 3 rings (SSSR count). The third-order valence-electron chi connectivity index (χ3n) is 3.37. The molecule has 21 heavy (non-hydrogen) atoms. The van der Waals surface area contributed by atoms with E-state index < -0.39 is 4.92 Å². The third kappa shape index (κ3) is 2.55. The van der Waals surface area contributed by atoms with E-state index in [1.165, 1.54) is 12.1 Å². The minimum atomic E-state index is -0.422. The van der Waals surface area contributed by atoms with E-state index in [1.807, 2.05) is 0 Å². The molecule has 1 aromatic heterocycles. The Kier molecular flexibility index (Phi) is 3.49. The molecule has 7 nitrogen and oxygen atoms in total. The van der Waals surface area contributed by atoms with Crippen LogP contribution in [0.4, 0.5) is 11.5 Å². The van der Waals surface area contributed by atoms with Crippen molar-refractivity contribution in [3.63, 3.8) is 0 Å². The SMILES string of the molecule is CNc1nc(-c2cccc([N+](=O)[O-])c2)nc2c1COCC2. The summed E-state index contributed by atoms with van der Waals surface area (Å²) in [5.74, 6) is 1.20. The largest absolute Gasteiger partial charge is 0.376 e. The highest BCUT2D eigenvalue weighted by Gasteiger charge is 2.19. The van der Waals surface area contributed by atoms with Crippen LogP contribution < -0.4 is 5.32 Å². The maximum absolute atomic E-state index is 10.9. The van der Waals surface area contributed by atoms with Gasteiger partial charge in [0.2, 0.25) is 0 Å². The van der Waals surface area contributed by atoms with Gasteiger partial charge in [0.25, 0.3) is 5.69 Å². The summed E-state index contributed by atoms with van der Waals surface area (Å²) in [6.45, 7) is 1.11. The monoisotopic (exact) mass is 286 g/mol. The molecule has 0 saturated heterocycles. The number of aromatic nitrogens is 2. The molecule has 0 radical (unpaired) electrons. The molecular weight excluding hydrogens is 272 g/mol. The van der Waals surface area contributed by atoms with Crippen molar-refractivity contribution in [2.45, 2.75) is 13.0 Å². The molecule has 0 amide bonds. The Morgan fingerprint density at radius 1 is 1.38 bits per heavy atom. The summed E-state index contributed by atoms with van der Waals surface area (Å²) in [7, 11) is 1.79. The minimum absolute atomic E-state index is 0.0307. The van der Waals surface area contributed by atoms with Gasteiger partial charge in [0.15, 0.2) is 5.82 Å². The predicted molar refractivity (Wildman–Crippen MR) is 77.0 cm³/mol. The van der Waals surface area contributed by atoms with Gasteiger partial charge in [-0.15, -0.1) is 0 Å². The van der Waals surface area contributed by atoms with Crippen molar-refractivity contribution in [1.29, 1.82) is 0 Å². The van der Waals surface area contributed by atoms with Gasteiger partial charge in [-0.1, -0.05) is 12.1 Å². The van der Waals surface area contributed by atoms with Gasteiger partial charge < -0.3 is 10.1 Å². The number of fused-ring (bicyclic) bond motifs is 1. The van der Waals surface area contributed by atoms with E-state index in [1.54, 1.807) is 19.2 Å². The quantitative estimate of drug-likeness (QED) is 0.687. The Labute approximate surface area is 121 Å². The Morgan fingerprint density at radius 3 is 3.00 bits per heavy atom. The predicted octanol–water partition coefficient (Wildman–Crippen LogP) is 2.17. The van der Waals surface area contributed by atoms with Crippen LogP contribution in [0.2, 0.25) is 0 Å². The van der Waals surface area contributed by atoms with Crippen LogP contribution in [-0.2, 0) is 17.8 Å². The number of nitro benzene ring substituents is 1. The number of anilines is 1. The van der Waals surface area contributed by atoms with Gasteiger partial charge >= 0.3 is 0 Å². The molecule has 0 fully saturated rings. The summed E-state index contributed by atoms with van der Waals surface area (Å²) < 4.78 is 5.43.